The van der Waals surface area contributed by atoms with Gasteiger partial charge >= 0.3 is 6.18 Å². The minimum Gasteiger partial charge on any atom is -0.395 e. The molecule has 0 aliphatic heterocycles. The molecule has 0 heterocycles. The molecule has 4 nitrogen and oxygen atoms in total. The number of aliphatic hydroxyl groups excluding tert-OH is 1. The first kappa shape index (κ1) is 16.2. The average Bonchev–Trinajstić information content (AvgIpc) is 2.27. The highest BCUT2D eigenvalue weighted by Crippen LogP contribution is 2.29. The van der Waals surface area contributed by atoms with Crippen molar-refractivity contribution in [1.29, 1.82) is 0 Å². The highest BCUT2D eigenvalue weighted by molar-refractivity contribution is 5.77. The molecule has 0 aromatic carbocycles. The first-order chi connectivity index (χ1) is 8.76. The van der Waals surface area contributed by atoms with Crippen LogP contribution in [0.25, 0.3) is 0 Å². The Morgan fingerprint density at radius 1 is 1.26 bits per heavy atom. The number of amides is 1. The fourth-order valence-corrected chi connectivity index (χ4v) is 2.47. The van der Waals surface area contributed by atoms with Gasteiger partial charge in [-0.3, -0.25) is 4.79 Å². The zero-order valence-corrected chi connectivity index (χ0v) is 10.9. The Balaban J connectivity index is 2.60. The van der Waals surface area contributed by atoms with Gasteiger partial charge in [0, 0.05) is 18.5 Å². The second-order valence-electron chi connectivity index (χ2n) is 5.25. The van der Waals surface area contributed by atoms with Gasteiger partial charge in [-0.05, 0) is 12.8 Å². The molecular formula is C12H21F3N2O2. The van der Waals surface area contributed by atoms with Crippen LogP contribution in [0, 0.1) is 0 Å². The molecule has 0 bridgehead atoms. The normalized spacial score (nSPS) is 19.2. The van der Waals surface area contributed by atoms with Crippen LogP contribution in [0.15, 0.2) is 0 Å². The van der Waals surface area contributed by atoms with E-state index in [0.29, 0.717) is 17.7 Å². The summed E-state index contributed by atoms with van der Waals surface area (Å²) in [5, 5.41) is 8.76. The number of halogens is 3. The van der Waals surface area contributed by atoms with E-state index in [0.717, 1.165) is 19.3 Å². The smallest absolute Gasteiger partial charge is 0.395 e. The van der Waals surface area contributed by atoms with Gasteiger partial charge in [0.2, 0.25) is 5.91 Å². The van der Waals surface area contributed by atoms with Crippen LogP contribution >= 0.6 is 0 Å². The minimum absolute atomic E-state index is 0.0803. The lowest BCUT2D eigenvalue weighted by molar-refractivity contribution is -0.162. The van der Waals surface area contributed by atoms with Crippen LogP contribution in [0.5, 0.6) is 0 Å². The summed E-state index contributed by atoms with van der Waals surface area (Å²) in [4.78, 5) is 12.6. The molecule has 1 aliphatic rings. The third kappa shape index (κ3) is 5.78. The van der Waals surface area contributed by atoms with Crippen LogP contribution < -0.4 is 5.73 Å². The van der Waals surface area contributed by atoms with E-state index in [1.807, 2.05) is 0 Å². The molecule has 0 unspecified atom stereocenters. The standard InChI is InChI=1S/C12H21F3N2O2/c13-12(14,15)9-17(6-7-18)10(19)8-11(16)4-2-1-3-5-11/h18H,1-9,16H2. The third-order valence-electron chi connectivity index (χ3n) is 3.45. The zero-order valence-electron chi connectivity index (χ0n) is 10.9. The first-order valence-corrected chi connectivity index (χ1v) is 6.50. The number of carbonyl (C=O) groups excluding carboxylic acids is 1. The Hall–Kier alpha value is -0.820. The molecule has 0 radical (unpaired) electrons. The molecule has 0 atom stereocenters. The maximum absolute atomic E-state index is 12.4. The summed E-state index contributed by atoms with van der Waals surface area (Å²) >= 11 is 0. The lowest BCUT2D eigenvalue weighted by Gasteiger charge is -2.35. The van der Waals surface area contributed by atoms with E-state index in [-0.39, 0.29) is 13.0 Å². The van der Waals surface area contributed by atoms with Crippen LogP contribution in [0.1, 0.15) is 38.5 Å². The van der Waals surface area contributed by atoms with Crippen molar-refractivity contribution in [3.8, 4) is 0 Å². The van der Waals surface area contributed by atoms with Crippen LogP contribution in [-0.4, -0.2) is 47.3 Å². The van der Waals surface area contributed by atoms with E-state index in [9.17, 15) is 18.0 Å². The molecule has 0 aromatic heterocycles. The van der Waals surface area contributed by atoms with Crippen molar-refractivity contribution in [2.75, 3.05) is 19.7 Å². The summed E-state index contributed by atoms with van der Waals surface area (Å²) in [7, 11) is 0. The zero-order chi connectivity index (χ0) is 14.5. The molecule has 1 fully saturated rings. The Labute approximate surface area is 110 Å². The summed E-state index contributed by atoms with van der Waals surface area (Å²) in [5.41, 5.74) is 5.38. The highest BCUT2D eigenvalue weighted by atomic mass is 19.4. The predicted molar refractivity (Wildman–Crippen MR) is 64.3 cm³/mol. The lowest BCUT2D eigenvalue weighted by atomic mass is 9.80. The van der Waals surface area contributed by atoms with Crippen LogP contribution in [0.3, 0.4) is 0 Å². The molecule has 7 heteroatoms. The highest BCUT2D eigenvalue weighted by Gasteiger charge is 2.36. The van der Waals surface area contributed by atoms with Gasteiger partial charge in [-0.15, -0.1) is 0 Å². The number of hydrogen-bond donors (Lipinski definition) is 2. The molecule has 3 N–H and O–H groups in total. The topological polar surface area (TPSA) is 66.6 Å². The molecule has 0 aromatic rings. The van der Waals surface area contributed by atoms with Crippen molar-refractivity contribution in [2.45, 2.75) is 50.2 Å². The Morgan fingerprint density at radius 2 is 1.84 bits per heavy atom. The molecule has 1 rings (SSSR count). The molecular weight excluding hydrogens is 261 g/mol. The van der Waals surface area contributed by atoms with E-state index in [1.54, 1.807) is 0 Å². The SMILES string of the molecule is NC1(CC(=O)N(CCO)CC(F)(F)F)CCCCC1. The van der Waals surface area contributed by atoms with Gasteiger partial charge in [0.15, 0.2) is 0 Å². The molecule has 0 spiro atoms. The molecule has 19 heavy (non-hydrogen) atoms. The summed E-state index contributed by atoms with van der Waals surface area (Å²) in [6, 6.07) is 0. The van der Waals surface area contributed by atoms with Crippen molar-refractivity contribution in [3.63, 3.8) is 0 Å². The fraction of sp³-hybridized carbons (Fsp3) is 0.917. The van der Waals surface area contributed by atoms with Gasteiger partial charge < -0.3 is 15.7 Å². The maximum Gasteiger partial charge on any atom is 0.406 e. The van der Waals surface area contributed by atoms with Gasteiger partial charge in [0.05, 0.1) is 6.61 Å². The van der Waals surface area contributed by atoms with Crippen molar-refractivity contribution in [1.82, 2.24) is 4.90 Å². The van der Waals surface area contributed by atoms with Crippen molar-refractivity contribution >= 4 is 5.91 Å². The van der Waals surface area contributed by atoms with Crippen LogP contribution in [0.4, 0.5) is 13.2 Å². The second kappa shape index (κ2) is 6.56. The van der Waals surface area contributed by atoms with Gasteiger partial charge in [0.25, 0.3) is 0 Å². The number of carbonyl (C=O) groups is 1. The number of rotatable bonds is 5. The van der Waals surface area contributed by atoms with E-state index < -0.39 is 30.8 Å². The Bertz CT molecular complexity index is 302. The van der Waals surface area contributed by atoms with Crippen molar-refractivity contribution < 1.29 is 23.1 Å². The van der Waals surface area contributed by atoms with E-state index in [1.165, 1.54) is 0 Å². The number of aliphatic hydroxyl groups is 1. The monoisotopic (exact) mass is 282 g/mol. The number of alkyl halides is 3. The van der Waals surface area contributed by atoms with E-state index in [4.69, 9.17) is 10.8 Å². The molecule has 1 amide bonds. The molecule has 1 aliphatic carbocycles. The average molecular weight is 282 g/mol. The number of nitrogens with zero attached hydrogens (tertiary/aromatic N) is 1. The Morgan fingerprint density at radius 3 is 2.32 bits per heavy atom. The van der Waals surface area contributed by atoms with Gasteiger partial charge in [-0.1, -0.05) is 19.3 Å². The predicted octanol–water partition coefficient (Wildman–Crippen LogP) is 1.42. The largest absolute Gasteiger partial charge is 0.406 e. The van der Waals surface area contributed by atoms with E-state index in [2.05, 4.69) is 0 Å². The molecule has 1 saturated carbocycles. The van der Waals surface area contributed by atoms with Gasteiger partial charge in [0.1, 0.15) is 6.54 Å². The fourth-order valence-electron chi connectivity index (χ4n) is 2.47. The molecule has 112 valence electrons. The summed E-state index contributed by atoms with van der Waals surface area (Å²) in [5.74, 6) is -0.629. The van der Waals surface area contributed by atoms with Crippen molar-refractivity contribution in [3.05, 3.63) is 0 Å². The van der Waals surface area contributed by atoms with Crippen LogP contribution in [-0.2, 0) is 4.79 Å². The quantitative estimate of drug-likeness (QED) is 0.801. The minimum atomic E-state index is -4.46. The molecule has 0 saturated heterocycles. The number of nitrogens with two attached hydrogens (primary N) is 1. The van der Waals surface area contributed by atoms with Crippen LogP contribution in [0.2, 0.25) is 0 Å². The maximum atomic E-state index is 12.4. The second-order valence-corrected chi connectivity index (χ2v) is 5.25. The third-order valence-corrected chi connectivity index (χ3v) is 3.45. The Kier molecular flexibility index (Phi) is 5.61. The first-order valence-electron chi connectivity index (χ1n) is 6.50. The van der Waals surface area contributed by atoms with Crippen molar-refractivity contribution in [2.24, 2.45) is 5.73 Å². The summed E-state index contributed by atoms with van der Waals surface area (Å²) < 4.78 is 37.1. The summed E-state index contributed by atoms with van der Waals surface area (Å²) in [6.45, 7) is -2.13. The van der Waals surface area contributed by atoms with Gasteiger partial charge in [-0.2, -0.15) is 13.2 Å². The van der Waals surface area contributed by atoms with Gasteiger partial charge in [-0.25, -0.2) is 0 Å². The number of hydrogen-bond acceptors (Lipinski definition) is 3. The summed E-state index contributed by atoms with van der Waals surface area (Å²) in [6.07, 6.45) is -0.347. The lowest BCUT2D eigenvalue weighted by Crippen LogP contribution is -2.49. The van der Waals surface area contributed by atoms with E-state index >= 15 is 0 Å².